The Morgan fingerprint density at radius 2 is 1.88 bits per heavy atom. The van der Waals surface area contributed by atoms with Crippen molar-refractivity contribution in [2.24, 2.45) is 0 Å². The summed E-state index contributed by atoms with van der Waals surface area (Å²) in [5, 5.41) is 8.08. The molecular formula is C19H23N3O2. The summed E-state index contributed by atoms with van der Waals surface area (Å²) < 4.78 is 0. The minimum Gasteiger partial charge on any atom is -0.352 e. The number of likely N-dealkylation sites (N-methyl/N-ethyl adjacent to an activating group) is 1. The van der Waals surface area contributed by atoms with Gasteiger partial charge in [-0.1, -0.05) is 30.3 Å². The number of carbonyl (C=O) groups is 2. The highest BCUT2D eigenvalue weighted by Gasteiger charge is 2.25. The lowest BCUT2D eigenvalue weighted by Gasteiger charge is -2.23. The Kier molecular flexibility index (Phi) is 4.81. The minimum atomic E-state index is -0.388. The van der Waals surface area contributed by atoms with Gasteiger partial charge in [-0.25, -0.2) is 0 Å². The molecule has 0 spiro atoms. The maximum absolute atomic E-state index is 12.4. The van der Waals surface area contributed by atoms with Crippen molar-refractivity contribution in [1.82, 2.24) is 10.2 Å². The molecule has 2 N–H and O–H groups in total. The minimum absolute atomic E-state index is 0.0228. The van der Waals surface area contributed by atoms with Gasteiger partial charge in [-0.3, -0.25) is 14.5 Å². The number of fused-ring (bicyclic) bond motifs is 1. The molecule has 1 aliphatic carbocycles. The van der Waals surface area contributed by atoms with Gasteiger partial charge in [-0.05, 0) is 49.7 Å². The van der Waals surface area contributed by atoms with E-state index in [0.29, 0.717) is 6.04 Å². The third kappa shape index (κ3) is 4.11. The number of rotatable bonds is 6. The highest BCUT2D eigenvalue weighted by atomic mass is 16.2. The fraction of sp³-hybridized carbons (Fsp3) is 0.368. The number of amides is 2. The van der Waals surface area contributed by atoms with Crippen LogP contribution in [0.5, 0.6) is 0 Å². The molecule has 0 radical (unpaired) electrons. The number of nitrogens with one attached hydrogen (secondary N) is 2. The Morgan fingerprint density at radius 3 is 2.58 bits per heavy atom. The predicted octanol–water partition coefficient (Wildman–Crippen LogP) is 2.38. The fourth-order valence-corrected chi connectivity index (χ4v) is 2.58. The van der Waals surface area contributed by atoms with Gasteiger partial charge in [0.15, 0.2) is 0 Å². The zero-order valence-electron chi connectivity index (χ0n) is 14.1. The van der Waals surface area contributed by atoms with Gasteiger partial charge in [0.2, 0.25) is 11.8 Å². The lowest BCUT2D eigenvalue weighted by atomic mass is 10.1. The summed E-state index contributed by atoms with van der Waals surface area (Å²) in [6.07, 6.45) is 2.13. The standard InChI is InChI=1S/C19H23N3O2/c1-13(22(2)12-18(23)20-16-9-10-16)19(24)21-17-8-7-14-5-3-4-6-15(14)11-17/h3-8,11,13,16H,9-10,12H2,1-2H3,(H,20,23)(H,21,24)/t13-/m1/s1. The van der Waals surface area contributed by atoms with Gasteiger partial charge in [0.05, 0.1) is 12.6 Å². The molecule has 126 valence electrons. The zero-order valence-corrected chi connectivity index (χ0v) is 14.1. The van der Waals surface area contributed by atoms with Crippen LogP contribution in [0.2, 0.25) is 0 Å². The summed E-state index contributed by atoms with van der Waals surface area (Å²) in [5.41, 5.74) is 0.765. The van der Waals surface area contributed by atoms with Gasteiger partial charge >= 0.3 is 0 Å². The molecule has 3 rings (SSSR count). The Morgan fingerprint density at radius 1 is 1.17 bits per heavy atom. The van der Waals surface area contributed by atoms with E-state index in [4.69, 9.17) is 0 Å². The number of hydrogen-bond acceptors (Lipinski definition) is 3. The molecule has 0 heterocycles. The lowest BCUT2D eigenvalue weighted by Crippen LogP contribution is -2.45. The first-order chi connectivity index (χ1) is 11.5. The molecule has 5 heteroatoms. The molecule has 0 bridgehead atoms. The second-order valence-electron chi connectivity index (χ2n) is 6.48. The van der Waals surface area contributed by atoms with Crippen LogP contribution in [-0.2, 0) is 9.59 Å². The van der Waals surface area contributed by atoms with Crippen molar-refractivity contribution in [3.8, 4) is 0 Å². The Bertz CT molecular complexity index is 755. The monoisotopic (exact) mass is 325 g/mol. The van der Waals surface area contributed by atoms with E-state index >= 15 is 0 Å². The average molecular weight is 325 g/mol. The molecule has 24 heavy (non-hydrogen) atoms. The quantitative estimate of drug-likeness (QED) is 0.857. The van der Waals surface area contributed by atoms with E-state index in [-0.39, 0.29) is 24.4 Å². The van der Waals surface area contributed by atoms with E-state index < -0.39 is 0 Å². The Hall–Kier alpha value is -2.40. The maximum atomic E-state index is 12.4. The van der Waals surface area contributed by atoms with E-state index in [0.717, 1.165) is 29.3 Å². The molecule has 0 aliphatic heterocycles. The largest absolute Gasteiger partial charge is 0.352 e. The van der Waals surface area contributed by atoms with Crippen molar-refractivity contribution in [1.29, 1.82) is 0 Å². The van der Waals surface area contributed by atoms with Crippen LogP contribution < -0.4 is 10.6 Å². The number of hydrogen-bond donors (Lipinski definition) is 2. The first-order valence-electron chi connectivity index (χ1n) is 8.32. The second kappa shape index (κ2) is 7.01. The molecule has 2 aromatic carbocycles. The Labute approximate surface area is 142 Å². The van der Waals surface area contributed by atoms with E-state index in [2.05, 4.69) is 10.6 Å². The first-order valence-corrected chi connectivity index (χ1v) is 8.32. The SMILES string of the molecule is C[C@H](C(=O)Nc1ccc2ccccc2c1)N(C)CC(=O)NC1CC1. The van der Waals surface area contributed by atoms with Gasteiger partial charge in [-0.2, -0.15) is 0 Å². The van der Waals surface area contributed by atoms with E-state index in [1.807, 2.05) is 42.5 Å². The summed E-state index contributed by atoms with van der Waals surface area (Å²) in [6.45, 7) is 2.03. The van der Waals surface area contributed by atoms with Gasteiger partial charge in [0.1, 0.15) is 0 Å². The molecule has 0 unspecified atom stereocenters. The van der Waals surface area contributed by atoms with Crippen LogP contribution >= 0.6 is 0 Å². The van der Waals surface area contributed by atoms with Crippen LogP contribution in [0.3, 0.4) is 0 Å². The summed E-state index contributed by atoms with van der Waals surface area (Å²) >= 11 is 0. The normalized spacial score (nSPS) is 15.3. The van der Waals surface area contributed by atoms with Gasteiger partial charge < -0.3 is 10.6 Å². The molecule has 1 aliphatic rings. The lowest BCUT2D eigenvalue weighted by molar-refractivity contribution is -0.124. The van der Waals surface area contributed by atoms with E-state index in [1.54, 1.807) is 18.9 Å². The smallest absolute Gasteiger partial charge is 0.241 e. The highest BCUT2D eigenvalue weighted by molar-refractivity contribution is 5.97. The van der Waals surface area contributed by atoms with Crippen molar-refractivity contribution in [3.63, 3.8) is 0 Å². The van der Waals surface area contributed by atoms with Crippen LogP contribution in [0, 0.1) is 0 Å². The Balaban J connectivity index is 1.58. The predicted molar refractivity (Wildman–Crippen MR) is 95.8 cm³/mol. The molecule has 5 nitrogen and oxygen atoms in total. The molecule has 0 saturated heterocycles. The van der Waals surface area contributed by atoms with Crippen molar-refractivity contribution < 1.29 is 9.59 Å². The second-order valence-corrected chi connectivity index (χ2v) is 6.48. The van der Waals surface area contributed by atoms with Crippen LogP contribution in [0.1, 0.15) is 19.8 Å². The summed E-state index contributed by atoms with van der Waals surface area (Å²) in [5.74, 6) is -0.141. The van der Waals surface area contributed by atoms with Crippen molar-refractivity contribution in [2.75, 3.05) is 18.9 Å². The van der Waals surface area contributed by atoms with Crippen molar-refractivity contribution in [2.45, 2.75) is 31.8 Å². The molecule has 1 saturated carbocycles. The topological polar surface area (TPSA) is 61.4 Å². The first kappa shape index (κ1) is 16.5. The number of anilines is 1. The van der Waals surface area contributed by atoms with Crippen LogP contribution in [0.4, 0.5) is 5.69 Å². The fourth-order valence-electron chi connectivity index (χ4n) is 2.58. The molecule has 2 amide bonds. The molecular weight excluding hydrogens is 302 g/mol. The van der Waals surface area contributed by atoms with Gasteiger partial charge in [0, 0.05) is 11.7 Å². The molecule has 2 aromatic rings. The third-order valence-electron chi connectivity index (χ3n) is 4.39. The molecule has 1 atom stereocenters. The summed E-state index contributed by atoms with van der Waals surface area (Å²) in [7, 11) is 1.79. The average Bonchev–Trinajstić information content (AvgIpc) is 3.37. The van der Waals surface area contributed by atoms with Crippen LogP contribution in [0.25, 0.3) is 10.8 Å². The number of benzene rings is 2. The highest BCUT2D eigenvalue weighted by Crippen LogP contribution is 2.20. The third-order valence-corrected chi connectivity index (χ3v) is 4.39. The number of carbonyl (C=O) groups excluding carboxylic acids is 2. The summed E-state index contributed by atoms with van der Waals surface area (Å²) in [4.78, 5) is 26.0. The van der Waals surface area contributed by atoms with Crippen molar-refractivity contribution >= 4 is 28.3 Å². The maximum Gasteiger partial charge on any atom is 0.241 e. The van der Waals surface area contributed by atoms with Crippen LogP contribution in [0.15, 0.2) is 42.5 Å². The molecule has 0 aromatic heterocycles. The van der Waals surface area contributed by atoms with Crippen molar-refractivity contribution in [3.05, 3.63) is 42.5 Å². The molecule has 1 fully saturated rings. The summed E-state index contributed by atoms with van der Waals surface area (Å²) in [6, 6.07) is 13.8. The van der Waals surface area contributed by atoms with Gasteiger partial charge in [-0.15, -0.1) is 0 Å². The zero-order chi connectivity index (χ0) is 17.1. The van der Waals surface area contributed by atoms with E-state index in [9.17, 15) is 9.59 Å². The van der Waals surface area contributed by atoms with Gasteiger partial charge in [0.25, 0.3) is 0 Å². The van der Waals surface area contributed by atoms with E-state index in [1.165, 1.54) is 0 Å². The number of nitrogens with zero attached hydrogens (tertiary/aromatic N) is 1. The van der Waals surface area contributed by atoms with Crippen LogP contribution in [-0.4, -0.2) is 42.4 Å².